The summed E-state index contributed by atoms with van der Waals surface area (Å²) in [5, 5.41) is 6.94. The highest BCUT2D eigenvalue weighted by Gasteiger charge is 2.55. The van der Waals surface area contributed by atoms with Crippen molar-refractivity contribution in [2.75, 3.05) is 33.4 Å². The van der Waals surface area contributed by atoms with Gasteiger partial charge in [0.2, 0.25) is 11.8 Å². The van der Waals surface area contributed by atoms with E-state index in [1.807, 2.05) is 4.90 Å². The predicted molar refractivity (Wildman–Crippen MR) is 126 cm³/mol. The maximum absolute atomic E-state index is 13.6. The van der Waals surface area contributed by atoms with Gasteiger partial charge in [0.05, 0.1) is 24.9 Å². The van der Waals surface area contributed by atoms with E-state index >= 15 is 0 Å². The first-order valence-corrected chi connectivity index (χ1v) is 13.6. The van der Waals surface area contributed by atoms with Crippen molar-refractivity contribution in [3.05, 3.63) is 0 Å². The Hall–Kier alpha value is -1.26. The summed E-state index contributed by atoms with van der Waals surface area (Å²) in [7, 11) is 1.80. The fourth-order valence-electron chi connectivity index (χ4n) is 7.12. The highest BCUT2D eigenvalue weighted by molar-refractivity contribution is 5.83. The third-order valence-corrected chi connectivity index (χ3v) is 9.16. The highest BCUT2D eigenvalue weighted by Crippen LogP contribution is 2.31. The number of rotatable bonds is 6. The summed E-state index contributed by atoms with van der Waals surface area (Å²) in [4.78, 5) is 30.2. The van der Waals surface area contributed by atoms with Crippen molar-refractivity contribution in [1.29, 1.82) is 0 Å². The average Bonchev–Trinajstić information content (AvgIpc) is 3.39. The van der Waals surface area contributed by atoms with Gasteiger partial charge in [-0.15, -0.1) is 0 Å². The van der Waals surface area contributed by atoms with E-state index in [2.05, 4.69) is 10.6 Å². The molecule has 1 saturated carbocycles. The number of hydrogen-bond donors (Lipinski definition) is 4. The number of likely N-dealkylation sites (tertiary alicyclic amines) is 1. The topological polar surface area (TPSA) is 110 Å². The van der Waals surface area contributed by atoms with E-state index in [-0.39, 0.29) is 48.3 Å². The molecule has 0 aromatic carbocycles. The molecule has 5 N–H and O–H groups in total. The van der Waals surface area contributed by atoms with Gasteiger partial charge >= 0.3 is 0 Å². The van der Waals surface area contributed by atoms with Gasteiger partial charge in [0.1, 0.15) is 11.8 Å². The van der Waals surface area contributed by atoms with E-state index in [1.54, 1.807) is 7.11 Å². The van der Waals surface area contributed by atoms with Gasteiger partial charge in [0.25, 0.3) is 0 Å². The Morgan fingerprint density at radius 3 is 2.76 bits per heavy atom. The molecule has 4 aliphatic heterocycles. The number of methoxy groups -OCH3 is 1. The average molecular weight is 479 g/mol. The number of piperidine rings is 2. The molecule has 0 bridgehead atoms. The van der Waals surface area contributed by atoms with Crippen LogP contribution in [0.15, 0.2) is 0 Å². The molecule has 0 spiro atoms. The van der Waals surface area contributed by atoms with Crippen LogP contribution in [0.3, 0.4) is 0 Å². The Bertz CT molecular complexity index is 724. The van der Waals surface area contributed by atoms with E-state index in [4.69, 9.17) is 15.2 Å². The molecule has 7 atom stereocenters. The van der Waals surface area contributed by atoms with Crippen molar-refractivity contribution >= 4 is 11.8 Å². The van der Waals surface area contributed by atoms with E-state index in [0.29, 0.717) is 25.0 Å². The molecule has 0 radical (unpaired) electrons. The number of quaternary nitrogens is 1. The number of nitrogens with one attached hydrogen (secondary N) is 3. The van der Waals surface area contributed by atoms with Crippen LogP contribution >= 0.6 is 0 Å². The number of hydrogen-bond acceptors (Lipinski definition) is 6. The largest absolute Gasteiger partial charge is 0.381 e. The minimum atomic E-state index is -0.361. The molecule has 192 valence electrons. The first-order chi connectivity index (χ1) is 16.5. The van der Waals surface area contributed by atoms with E-state index in [1.165, 1.54) is 4.90 Å². The number of amides is 2. The fraction of sp³-hybridized carbons (Fsp3) is 0.920. The van der Waals surface area contributed by atoms with Gasteiger partial charge in [-0.1, -0.05) is 0 Å². The summed E-state index contributed by atoms with van der Waals surface area (Å²) in [5.74, 6) is 0.189. The molecule has 4 saturated heterocycles. The number of ether oxygens (including phenoxy) is 2. The third kappa shape index (κ3) is 5.00. The normalized spacial score (nSPS) is 42.7. The monoisotopic (exact) mass is 478 g/mol. The van der Waals surface area contributed by atoms with Gasteiger partial charge in [0.15, 0.2) is 12.3 Å². The number of fused-ring (bicyclic) bond motifs is 2. The third-order valence-electron chi connectivity index (χ3n) is 9.16. The van der Waals surface area contributed by atoms with Crippen LogP contribution in [-0.4, -0.2) is 80.8 Å². The summed E-state index contributed by atoms with van der Waals surface area (Å²) in [5.41, 5.74) is 6.88. The first-order valence-electron chi connectivity index (χ1n) is 13.6. The molecule has 34 heavy (non-hydrogen) atoms. The molecule has 5 fully saturated rings. The summed E-state index contributed by atoms with van der Waals surface area (Å²) < 4.78 is 11.3. The molecule has 9 heteroatoms. The number of carbonyl (C=O) groups is 2. The molecule has 4 heterocycles. The van der Waals surface area contributed by atoms with Gasteiger partial charge in [-0.25, -0.2) is 5.32 Å². The minimum Gasteiger partial charge on any atom is -0.381 e. The van der Waals surface area contributed by atoms with Gasteiger partial charge in [-0.3, -0.25) is 15.3 Å². The lowest BCUT2D eigenvalue weighted by molar-refractivity contribution is -0.968. The van der Waals surface area contributed by atoms with Gasteiger partial charge in [-0.2, -0.15) is 0 Å². The van der Waals surface area contributed by atoms with Crippen molar-refractivity contribution in [1.82, 2.24) is 15.5 Å². The zero-order chi connectivity index (χ0) is 23.7. The number of nitrogens with two attached hydrogens (primary N) is 1. The van der Waals surface area contributed by atoms with Crippen molar-refractivity contribution in [2.24, 2.45) is 23.5 Å². The summed E-state index contributed by atoms with van der Waals surface area (Å²) in [6, 6.07) is 0. The number of carbonyl (C=O) groups excluding carboxylic acids is 2. The molecule has 5 aliphatic rings. The summed E-state index contributed by atoms with van der Waals surface area (Å²) >= 11 is 0. The van der Waals surface area contributed by atoms with Crippen LogP contribution in [-0.2, 0) is 19.1 Å². The molecule has 6 unspecified atom stereocenters. The highest BCUT2D eigenvalue weighted by atomic mass is 16.5. The van der Waals surface area contributed by atoms with E-state index in [9.17, 15) is 9.59 Å². The van der Waals surface area contributed by atoms with Crippen LogP contribution in [0.25, 0.3) is 0 Å². The van der Waals surface area contributed by atoms with E-state index in [0.717, 1.165) is 77.5 Å². The number of nitrogens with zero attached hydrogens (tertiary/aromatic N) is 1. The zero-order valence-corrected chi connectivity index (χ0v) is 20.7. The molecule has 1 aliphatic carbocycles. The van der Waals surface area contributed by atoms with Crippen molar-refractivity contribution in [3.8, 4) is 0 Å². The maximum Gasteiger partial charge on any atom is 0.234 e. The van der Waals surface area contributed by atoms with Crippen LogP contribution in [0.2, 0.25) is 0 Å². The summed E-state index contributed by atoms with van der Waals surface area (Å²) in [6.07, 6.45) is 10.4. The Morgan fingerprint density at radius 2 is 2.03 bits per heavy atom. The second kappa shape index (κ2) is 10.8. The van der Waals surface area contributed by atoms with Crippen LogP contribution < -0.4 is 21.3 Å². The quantitative estimate of drug-likeness (QED) is 0.412. The van der Waals surface area contributed by atoms with Crippen molar-refractivity contribution in [3.63, 3.8) is 0 Å². The first kappa shape index (κ1) is 24.4. The molecule has 0 aromatic rings. The van der Waals surface area contributed by atoms with Crippen LogP contribution in [0, 0.1) is 17.8 Å². The van der Waals surface area contributed by atoms with Crippen LogP contribution in [0.5, 0.6) is 0 Å². The predicted octanol–water partition coefficient (Wildman–Crippen LogP) is -0.439. The molecule has 0 aromatic heterocycles. The van der Waals surface area contributed by atoms with Gasteiger partial charge in [-0.05, 0) is 64.2 Å². The van der Waals surface area contributed by atoms with Crippen LogP contribution in [0.4, 0.5) is 0 Å². The Balaban J connectivity index is 1.31. The molecule has 2 amide bonds. The minimum absolute atomic E-state index is 0.00999. The molecular weight excluding hydrogens is 434 g/mol. The molecular formula is C25H44N5O4+. The van der Waals surface area contributed by atoms with Gasteiger partial charge in [0, 0.05) is 32.7 Å². The lowest BCUT2D eigenvalue weighted by Gasteiger charge is -2.53. The zero-order valence-electron chi connectivity index (χ0n) is 20.7. The fourth-order valence-corrected chi connectivity index (χ4v) is 7.12. The Labute approximate surface area is 203 Å². The van der Waals surface area contributed by atoms with Gasteiger partial charge < -0.3 is 24.6 Å². The summed E-state index contributed by atoms with van der Waals surface area (Å²) in [6.45, 7) is 3.03. The van der Waals surface area contributed by atoms with Crippen LogP contribution in [0.1, 0.15) is 64.2 Å². The SMILES string of the molecule is COC1CCC(C[NH+]2C(N)C(C(=O)NC[C@H]3CCCO3)CC3C(=O)N4CCCCC4NC32)CC1. The van der Waals surface area contributed by atoms with E-state index < -0.39 is 0 Å². The second-order valence-corrected chi connectivity index (χ2v) is 11.2. The Morgan fingerprint density at radius 1 is 1.21 bits per heavy atom. The van der Waals surface area contributed by atoms with Crippen molar-refractivity contribution < 1.29 is 24.0 Å². The lowest BCUT2D eigenvalue weighted by Crippen LogP contribution is -3.26. The molecule has 5 rings (SSSR count). The second-order valence-electron chi connectivity index (χ2n) is 11.2. The smallest absolute Gasteiger partial charge is 0.234 e. The van der Waals surface area contributed by atoms with Crippen molar-refractivity contribution in [2.45, 2.75) is 94.9 Å². The lowest BCUT2D eigenvalue weighted by atomic mass is 9.79. The molecule has 9 nitrogen and oxygen atoms in total. The maximum atomic E-state index is 13.6. The Kier molecular flexibility index (Phi) is 7.75. The standard InChI is InChI=1S/C25H43N5O4/c1-33-17-9-7-16(8-10-17)15-30-22(26)19(24(31)27-14-18-5-4-12-34-18)13-20-23(30)28-21-6-2-3-11-29(21)25(20)32/h16-23,28H,2-15,26H2,1H3,(H,27,31)/p+1/t16?,17?,18-,19?,20?,21?,22?,23?/m1/s1.